The van der Waals surface area contributed by atoms with Crippen LogP contribution < -0.4 is 10.2 Å². The van der Waals surface area contributed by atoms with Crippen LogP contribution in [0, 0.1) is 6.92 Å². The summed E-state index contributed by atoms with van der Waals surface area (Å²) >= 11 is 0. The molecule has 1 N–H and O–H groups in total. The van der Waals surface area contributed by atoms with E-state index >= 15 is 0 Å². The number of rotatable bonds is 2. The lowest BCUT2D eigenvalue weighted by atomic mass is 10.2. The number of amides is 1. The number of carbonyl (C=O) groups is 1. The second kappa shape index (κ2) is 4.42. The number of aryl methyl sites for hydroxylation is 2. The van der Waals surface area contributed by atoms with Gasteiger partial charge in [0.15, 0.2) is 0 Å². The third-order valence-corrected chi connectivity index (χ3v) is 3.34. The van der Waals surface area contributed by atoms with E-state index < -0.39 is 0 Å². The number of nitrogens with zero attached hydrogens (tertiary/aromatic N) is 3. The van der Waals surface area contributed by atoms with Crippen LogP contribution in [0.15, 0.2) is 30.3 Å². The van der Waals surface area contributed by atoms with Crippen LogP contribution in [0.5, 0.6) is 0 Å². The number of aromatic nitrogens is 2. The van der Waals surface area contributed by atoms with E-state index in [1.165, 1.54) is 0 Å². The zero-order valence-electron chi connectivity index (χ0n) is 11.1. The zero-order valence-corrected chi connectivity index (χ0v) is 11.1. The van der Waals surface area contributed by atoms with E-state index in [2.05, 4.69) is 10.4 Å². The number of para-hydroxylation sites is 2. The molecule has 1 aliphatic rings. The molecule has 1 amide bonds. The van der Waals surface area contributed by atoms with Gasteiger partial charge in [-0.15, -0.1) is 0 Å². The Balaban J connectivity index is 1.96. The van der Waals surface area contributed by atoms with E-state index in [-0.39, 0.29) is 5.91 Å². The number of hydrogen-bond donors (Lipinski definition) is 1. The third-order valence-electron chi connectivity index (χ3n) is 3.34. The van der Waals surface area contributed by atoms with Crippen LogP contribution in [0.25, 0.3) is 0 Å². The van der Waals surface area contributed by atoms with Crippen molar-refractivity contribution in [1.29, 1.82) is 0 Å². The van der Waals surface area contributed by atoms with Gasteiger partial charge in [0.2, 0.25) is 5.91 Å². The molecule has 1 aromatic carbocycles. The Morgan fingerprint density at radius 1 is 1.37 bits per heavy atom. The first-order valence-corrected chi connectivity index (χ1v) is 6.28. The summed E-state index contributed by atoms with van der Waals surface area (Å²) in [5.41, 5.74) is 3.93. The van der Waals surface area contributed by atoms with Crippen LogP contribution in [-0.4, -0.2) is 22.2 Å². The van der Waals surface area contributed by atoms with E-state index in [1.807, 2.05) is 53.9 Å². The van der Waals surface area contributed by atoms with Crippen molar-refractivity contribution in [1.82, 2.24) is 9.78 Å². The van der Waals surface area contributed by atoms with Gasteiger partial charge in [-0.1, -0.05) is 12.1 Å². The highest BCUT2D eigenvalue weighted by Gasteiger charge is 2.24. The van der Waals surface area contributed by atoms with Gasteiger partial charge in [-0.25, -0.2) is 0 Å². The lowest BCUT2D eigenvalue weighted by molar-refractivity contribution is -0.117. The summed E-state index contributed by atoms with van der Waals surface area (Å²) in [7, 11) is 1.90. The fraction of sp³-hybridized carbons (Fsp3) is 0.286. The van der Waals surface area contributed by atoms with Crippen LogP contribution in [0.4, 0.5) is 11.4 Å². The summed E-state index contributed by atoms with van der Waals surface area (Å²) < 4.78 is 1.83. The van der Waals surface area contributed by atoms with Gasteiger partial charge in [-0.2, -0.15) is 5.10 Å². The molecule has 0 saturated carbocycles. The predicted molar refractivity (Wildman–Crippen MR) is 74.1 cm³/mol. The quantitative estimate of drug-likeness (QED) is 0.889. The lowest BCUT2D eigenvalue weighted by Crippen LogP contribution is -2.39. The van der Waals surface area contributed by atoms with Gasteiger partial charge in [-0.05, 0) is 25.1 Å². The van der Waals surface area contributed by atoms with E-state index in [0.717, 1.165) is 22.8 Å². The number of nitrogens with one attached hydrogen (secondary N) is 1. The third kappa shape index (κ3) is 2.07. The number of hydrogen-bond acceptors (Lipinski definition) is 3. The molecule has 0 fully saturated rings. The monoisotopic (exact) mass is 256 g/mol. The van der Waals surface area contributed by atoms with Gasteiger partial charge in [0, 0.05) is 7.05 Å². The molecule has 0 bridgehead atoms. The number of anilines is 2. The average molecular weight is 256 g/mol. The van der Waals surface area contributed by atoms with Crippen LogP contribution in [0.3, 0.4) is 0 Å². The first-order chi connectivity index (χ1) is 9.15. The Kier molecular flexibility index (Phi) is 2.74. The van der Waals surface area contributed by atoms with E-state index in [4.69, 9.17) is 0 Å². The first kappa shape index (κ1) is 11.8. The molecule has 98 valence electrons. The molecule has 3 rings (SSSR count). The minimum atomic E-state index is 0.0811. The van der Waals surface area contributed by atoms with Gasteiger partial charge in [0.25, 0.3) is 0 Å². The maximum absolute atomic E-state index is 12.1. The Bertz CT molecular complexity index is 632. The molecule has 1 aliphatic heterocycles. The average Bonchev–Trinajstić information content (AvgIpc) is 2.71. The summed E-state index contributed by atoms with van der Waals surface area (Å²) in [5, 5.41) is 7.45. The first-order valence-electron chi connectivity index (χ1n) is 6.28. The normalized spacial score (nSPS) is 14.2. The van der Waals surface area contributed by atoms with Crippen molar-refractivity contribution in [3.05, 3.63) is 41.7 Å². The number of benzene rings is 1. The molecule has 0 unspecified atom stereocenters. The van der Waals surface area contributed by atoms with E-state index in [9.17, 15) is 4.79 Å². The van der Waals surface area contributed by atoms with Gasteiger partial charge >= 0.3 is 0 Å². The fourth-order valence-electron chi connectivity index (χ4n) is 2.41. The number of carbonyl (C=O) groups excluding carboxylic acids is 1. The SMILES string of the molecule is Cc1cc(CN2C(=O)CNc3ccccc32)n(C)n1. The fourth-order valence-corrected chi connectivity index (χ4v) is 2.41. The van der Waals surface area contributed by atoms with Crippen molar-refractivity contribution in [2.45, 2.75) is 13.5 Å². The molecule has 19 heavy (non-hydrogen) atoms. The van der Waals surface area contributed by atoms with Crippen molar-refractivity contribution < 1.29 is 4.79 Å². The van der Waals surface area contributed by atoms with Crippen molar-refractivity contribution >= 4 is 17.3 Å². The smallest absolute Gasteiger partial charge is 0.246 e. The minimum absolute atomic E-state index is 0.0811. The predicted octanol–water partition coefficient (Wildman–Crippen LogP) is 1.69. The molecule has 0 aliphatic carbocycles. The van der Waals surface area contributed by atoms with Crippen LogP contribution in [0.1, 0.15) is 11.4 Å². The van der Waals surface area contributed by atoms with Gasteiger partial charge in [0.05, 0.1) is 35.9 Å². The Morgan fingerprint density at radius 3 is 2.89 bits per heavy atom. The standard InChI is InChI=1S/C14H16N4O/c1-10-7-11(17(2)16-10)9-18-13-6-4-3-5-12(13)15-8-14(18)19/h3-7,15H,8-9H2,1-2H3. The molecule has 0 saturated heterocycles. The highest BCUT2D eigenvalue weighted by atomic mass is 16.2. The van der Waals surface area contributed by atoms with Crippen molar-refractivity contribution in [2.24, 2.45) is 7.05 Å². The molecule has 0 atom stereocenters. The zero-order chi connectivity index (χ0) is 13.4. The van der Waals surface area contributed by atoms with Crippen LogP contribution in [0.2, 0.25) is 0 Å². The van der Waals surface area contributed by atoms with Crippen molar-refractivity contribution in [2.75, 3.05) is 16.8 Å². The lowest BCUT2D eigenvalue weighted by Gasteiger charge is -2.30. The molecule has 5 heteroatoms. The maximum Gasteiger partial charge on any atom is 0.246 e. The van der Waals surface area contributed by atoms with Gasteiger partial charge in [0.1, 0.15) is 0 Å². The molecule has 2 heterocycles. The molecular weight excluding hydrogens is 240 g/mol. The Labute approximate surface area is 111 Å². The topological polar surface area (TPSA) is 50.2 Å². The largest absolute Gasteiger partial charge is 0.374 e. The molecule has 5 nitrogen and oxygen atoms in total. The Hall–Kier alpha value is -2.30. The van der Waals surface area contributed by atoms with Crippen LogP contribution >= 0.6 is 0 Å². The highest BCUT2D eigenvalue weighted by Crippen LogP contribution is 2.30. The van der Waals surface area contributed by atoms with E-state index in [1.54, 1.807) is 0 Å². The minimum Gasteiger partial charge on any atom is -0.374 e. The molecule has 2 aromatic rings. The highest BCUT2D eigenvalue weighted by molar-refractivity contribution is 6.02. The number of fused-ring (bicyclic) bond motifs is 1. The molecule has 0 radical (unpaired) electrons. The van der Waals surface area contributed by atoms with Crippen molar-refractivity contribution in [3.63, 3.8) is 0 Å². The molecule has 1 aromatic heterocycles. The summed E-state index contributed by atoms with van der Waals surface area (Å²) in [6.07, 6.45) is 0. The second-order valence-electron chi connectivity index (χ2n) is 4.75. The maximum atomic E-state index is 12.1. The summed E-state index contributed by atoms with van der Waals surface area (Å²) in [6.45, 7) is 2.85. The molecule has 0 spiro atoms. The summed E-state index contributed by atoms with van der Waals surface area (Å²) in [5.74, 6) is 0.0811. The Morgan fingerprint density at radius 2 is 2.16 bits per heavy atom. The second-order valence-corrected chi connectivity index (χ2v) is 4.75. The van der Waals surface area contributed by atoms with Gasteiger partial charge in [-0.3, -0.25) is 9.48 Å². The van der Waals surface area contributed by atoms with Crippen molar-refractivity contribution in [3.8, 4) is 0 Å². The summed E-state index contributed by atoms with van der Waals surface area (Å²) in [4.78, 5) is 13.9. The van der Waals surface area contributed by atoms with Gasteiger partial charge < -0.3 is 10.2 Å². The summed E-state index contributed by atoms with van der Waals surface area (Å²) in [6, 6.07) is 9.87. The van der Waals surface area contributed by atoms with Crippen LogP contribution in [-0.2, 0) is 18.4 Å². The molecular formula is C14H16N4O. The van der Waals surface area contributed by atoms with E-state index in [0.29, 0.717) is 13.1 Å².